The van der Waals surface area contributed by atoms with E-state index < -0.39 is 35.2 Å². The molecular formula is C24H22FN5O5S. The van der Waals surface area contributed by atoms with Crippen LogP contribution < -0.4 is 10.1 Å². The molecule has 1 aromatic heterocycles. The first-order valence-electron chi connectivity index (χ1n) is 10.8. The molecule has 0 radical (unpaired) electrons. The Morgan fingerprint density at radius 1 is 1.28 bits per heavy atom. The van der Waals surface area contributed by atoms with Crippen molar-refractivity contribution in [2.75, 3.05) is 18.2 Å². The number of thioether (sulfide) groups is 1. The number of carbonyl (C=O) groups is 1. The average Bonchev–Trinajstić information content (AvgIpc) is 2.90. The van der Waals surface area contributed by atoms with Gasteiger partial charge in [-0.25, -0.2) is 9.18 Å². The number of nitriles is 1. The molecule has 0 aliphatic heterocycles. The molecule has 36 heavy (non-hydrogen) atoms. The number of esters is 1. The van der Waals surface area contributed by atoms with Gasteiger partial charge in [-0.2, -0.15) is 15.2 Å². The number of aromatic nitrogens is 2. The molecule has 186 valence electrons. The predicted molar refractivity (Wildman–Crippen MR) is 131 cm³/mol. The first-order valence-corrected chi connectivity index (χ1v) is 12.0. The van der Waals surface area contributed by atoms with Crippen molar-refractivity contribution in [1.82, 2.24) is 9.97 Å². The number of rotatable bonds is 11. The quantitative estimate of drug-likeness (QED) is 0.119. The zero-order valence-corrected chi connectivity index (χ0v) is 20.3. The van der Waals surface area contributed by atoms with Crippen molar-refractivity contribution in [2.24, 2.45) is 0 Å². The predicted octanol–water partition coefficient (Wildman–Crippen LogP) is 5.29. The molecule has 0 fully saturated rings. The van der Waals surface area contributed by atoms with Gasteiger partial charge in [-0.05, 0) is 36.4 Å². The first kappa shape index (κ1) is 26.4. The lowest BCUT2D eigenvalue weighted by Gasteiger charge is -2.14. The Morgan fingerprint density at radius 3 is 2.67 bits per heavy atom. The van der Waals surface area contributed by atoms with Crippen molar-refractivity contribution in [3.8, 4) is 17.7 Å². The molecule has 12 heteroatoms. The van der Waals surface area contributed by atoms with Gasteiger partial charge in [-0.15, -0.1) is 0 Å². The molecule has 2 aromatic carbocycles. The standard InChI is InChI=1S/C24H22FN5O5S/c1-3-17(25)14-34-23(31)18-10-9-16(12-26)11-19(18)35-22-20(30(32)33)21(28-24(29-22)36-2)27-13-15-7-5-4-6-8-15/h4-11,17H,3,13-14H2,1-2H3,(H,27,28,29). The minimum absolute atomic E-state index is 0.0815. The minimum Gasteiger partial charge on any atom is -0.459 e. The summed E-state index contributed by atoms with van der Waals surface area (Å²) in [4.78, 5) is 32.3. The summed E-state index contributed by atoms with van der Waals surface area (Å²) in [5.41, 5.74) is 0.293. The summed E-state index contributed by atoms with van der Waals surface area (Å²) in [6.45, 7) is 1.39. The van der Waals surface area contributed by atoms with E-state index in [1.807, 2.05) is 36.4 Å². The highest BCUT2D eigenvalue weighted by Gasteiger charge is 2.28. The Kier molecular flexibility index (Phi) is 9.13. The van der Waals surface area contributed by atoms with Crippen molar-refractivity contribution < 1.29 is 23.6 Å². The third kappa shape index (κ3) is 6.67. The van der Waals surface area contributed by atoms with Gasteiger partial charge in [0, 0.05) is 6.54 Å². The number of anilines is 1. The summed E-state index contributed by atoms with van der Waals surface area (Å²) >= 11 is 1.13. The molecular weight excluding hydrogens is 489 g/mol. The van der Waals surface area contributed by atoms with Gasteiger partial charge in [0.05, 0.1) is 16.6 Å². The number of nitrogens with one attached hydrogen (secondary N) is 1. The SMILES string of the molecule is CCC(F)COC(=O)c1ccc(C#N)cc1Oc1nc(SC)nc(NCc2ccccc2)c1[N+](=O)[O-]. The number of halogens is 1. The van der Waals surface area contributed by atoms with Crippen molar-refractivity contribution >= 4 is 29.2 Å². The summed E-state index contributed by atoms with van der Waals surface area (Å²) in [5, 5.41) is 24.4. The van der Waals surface area contributed by atoms with E-state index in [-0.39, 0.29) is 40.8 Å². The van der Waals surface area contributed by atoms with Crippen LogP contribution in [-0.2, 0) is 11.3 Å². The Labute approximate surface area is 210 Å². The maximum Gasteiger partial charge on any atom is 0.373 e. The molecule has 0 bridgehead atoms. The van der Waals surface area contributed by atoms with Gasteiger partial charge < -0.3 is 14.8 Å². The Balaban J connectivity index is 2.01. The molecule has 1 unspecified atom stereocenters. The molecule has 0 amide bonds. The van der Waals surface area contributed by atoms with Crippen molar-refractivity contribution in [1.29, 1.82) is 5.26 Å². The van der Waals surface area contributed by atoms with Crippen LogP contribution in [-0.4, -0.2) is 39.9 Å². The second-order valence-corrected chi connectivity index (χ2v) is 8.11. The Morgan fingerprint density at radius 2 is 2.03 bits per heavy atom. The molecule has 0 aliphatic rings. The zero-order chi connectivity index (χ0) is 26.1. The fourth-order valence-corrected chi connectivity index (χ4v) is 3.31. The normalized spacial score (nSPS) is 11.3. The maximum absolute atomic E-state index is 13.6. The monoisotopic (exact) mass is 511 g/mol. The minimum atomic E-state index is -1.35. The zero-order valence-electron chi connectivity index (χ0n) is 19.4. The lowest BCUT2D eigenvalue weighted by atomic mass is 10.1. The Hall–Kier alpha value is -4.24. The van der Waals surface area contributed by atoms with E-state index in [0.29, 0.717) is 0 Å². The number of nitro groups is 1. The van der Waals surface area contributed by atoms with E-state index >= 15 is 0 Å². The van der Waals surface area contributed by atoms with Gasteiger partial charge in [-0.1, -0.05) is 49.0 Å². The molecule has 1 N–H and O–H groups in total. The fraction of sp³-hybridized carbons (Fsp3) is 0.250. The van der Waals surface area contributed by atoms with Crippen LogP contribution in [0.25, 0.3) is 0 Å². The van der Waals surface area contributed by atoms with Crippen molar-refractivity contribution in [2.45, 2.75) is 31.2 Å². The lowest BCUT2D eigenvalue weighted by Crippen LogP contribution is -2.15. The number of alkyl halides is 1. The smallest absolute Gasteiger partial charge is 0.373 e. The summed E-state index contributed by atoms with van der Waals surface area (Å²) in [7, 11) is 0. The molecule has 3 rings (SSSR count). The largest absolute Gasteiger partial charge is 0.459 e. The second kappa shape index (κ2) is 12.5. The molecule has 10 nitrogen and oxygen atoms in total. The van der Waals surface area contributed by atoms with Gasteiger partial charge in [0.2, 0.25) is 5.82 Å². The number of carbonyl (C=O) groups excluding carboxylic acids is 1. The molecule has 0 aliphatic carbocycles. The van der Waals surface area contributed by atoms with Crippen molar-refractivity contribution in [3.05, 3.63) is 75.3 Å². The lowest BCUT2D eigenvalue weighted by molar-refractivity contribution is -0.385. The van der Waals surface area contributed by atoms with Crippen molar-refractivity contribution in [3.63, 3.8) is 0 Å². The van der Waals surface area contributed by atoms with E-state index in [9.17, 15) is 24.6 Å². The number of nitrogens with zero attached hydrogens (tertiary/aromatic N) is 4. The summed E-state index contributed by atoms with van der Waals surface area (Å²) in [6.07, 6.45) is 0.501. The summed E-state index contributed by atoms with van der Waals surface area (Å²) < 4.78 is 24.3. The van der Waals surface area contributed by atoms with Crippen LogP contribution in [0.1, 0.15) is 34.8 Å². The molecule has 1 atom stereocenters. The van der Waals surface area contributed by atoms with Crippen LogP contribution in [0.2, 0.25) is 0 Å². The van der Waals surface area contributed by atoms with Gasteiger partial charge >= 0.3 is 17.5 Å². The van der Waals surface area contributed by atoms with Gasteiger partial charge in [0.1, 0.15) is 24.1 Å². The van der Waals surface area contributed by atoms with E-state index in [1.54, 1.807) is 13.2 Å². The second-order valence-electron chi connectivity index (χ2n) is 7.34. The van der Waals surface area contributed by atoms with E-state index in [1.165, 1.54) is 18.2 Å². The molecule has 3 aromatic rings. The van der Waals surface area contributed by atoms with Gasteiger partial charge in [0.15, 0.2) is 5.16 Å². The Bertz CT molecular complexity index is 1290. The number of hydrogen-bond donors (Lipinski definition) is 1. The van der Waals surface area contributed by atoms with Gasteiger partial charge in [0.25, 0.3) is 0 Å². The third-order valence-corrected chi connectivity index (χ3v) is 5.42. The number of ether oxygens (including phenoxy) is 2. The molecule has 0 saturated heterocycles. The topological polar surface area (TPSA) is 140 Å². The van der Waals surface area contributed by atoms with Gasteiger partial charge in [-0.3, -0.25) is 10.1 Å². The number of benzene rings is 2. The first-order chi connectivity index (χ1) is 17.4. The highest BCUT2D eigenvalue weighted by atomic mass is 32.2. The molecule has 1 heterocycles. The van der Waals surface area contributed by atoms with E-state index in [2.05, 4.69) is 15.3 Å². The van der Waals surface area contributed by atoms with Crippen LogP contribution in [0.4, 0.5) is 15.9 Å². The van der Waals surface area contributed by atoms with Crippen LogP contribution >= 0.6 is 11.8 Å². The van der Waals surface area contributed by atoms with Crippen LogP contribution in [0.15, 0.2) is 53.7 Å². The van der Waals surface area contributed by atoms with E-state index in [4.69, 9.17) is 9.47 Å². The molecule has 0 spiro atoms. The average molecular weight is 512 g/mol. The van der Waals surface area contributed by atoms with Crippen LogP contribution in [0.5, 0.6) is 11.6 Å². The highest BCUT2D eigenvalue weighted by Crippen LogP contribution is 2.38. The number of hydrogen-bond acceptors (Lipinski definition) is 10. The molecule has 0 saturated carbocycles. The van der Waals surface area contributed by atoms with Crippen LogP contribution in [0.3, 0.4) is 0 Å². The third-order valence-electron chi connectivity index (χ3n) is 4.87. The highest BCUT2D eigenvalue weighted by molar-refractivity contribution is 7.98. The van der Waals surface area contributed by atoms with E-state index in [0.717, 1.165) is 17.3 Å². The summed E-state index contributed by atoms with van der Waals surface area (Å²) in [6, 6.07) is 15.0. The fourth-order valence-electron chi connectivity index (χ4n) is 2.96. The van der Waals surface area contributed by atoms with Crippen LogP contribution in [0, 0.1) is 21.4 Å². The summed E-state index contributed by atoms with van der Waals surface area (Å²) in [5.74, 6) is -1.62. The maximum atomic E-state index is 13.6.